The first-order chi connectivity index (χ1) is 12.8. The first kappa shape index (κ1) is 18.9. The maximum absolute atomic E-state index is 13.2. The predicted molar refractivity (Wildman–Crippen MR) is 100 cm³/mol. The fraction of sp³-hybridized carbons (Fsp3) is 0. The topological polar surface area (TPSA) is 72.5 Å². The fourth-order valence-corrected chi connectivity index (χ4v) is 3.40. The Morgan fingerprint density at radius 2 is 1.63 bits per heavy atom. The molecule has 27 heavy (non-hydrogen) atoms. The number of nitrogens with one attached hydrogen (secondary N) is 1. The Balaban J connectivity index is 1.71. The number of halogens is 2. The first-order valence-electron chi connectivity index (χ1n) is 7.71. The van der Waals surface area contributed by atoms with Crippen molar-refractivity contribution in [2.24, 2.45) is 0 Å². The van der Waals surface area contributed by atoms with Crippen LogP contribution in [0.2, 0.25) is 5.02 Å². The summed E-state index contributed by atoms with van der Waals surface area (Å²) in [6.45, 7) is 0. The SMILES string of the molecule is O=C(Nc1ccc(OS(=O)(=O)c2ccc(F)c(Cl)c2)cc1)c1ccccc1. The summed E-state index contributed by atoms with van der Waals surface area (Å²) < 4.78 is 42.7. The lowest BCUT2D eigenvalue weighted by Crippen LogP contribution is -2.12. The molecule has 3 aromatic rings. The van der Waals surface area contributed by atoms with E-state index in [4.69, 9.17) is 15.8 Å². The normalized spacial score (nSPS) is 11.0. The third-order valence-electron chi connectivity index (χ3n) is 3.53. The summed E-state index contributed by atoms with van der Waals surface area (Å²) in [6, 6.07) is 17.4. The highest BCUT2D eigenvalue weighted by molar-refractivity contribution is 7.87. The quantitative estimate of drug-likeness (QED) is 0.634. The molecular formula is C19H13ClFNO4S. The zero-order chi connectivity index (χ0) is 19.4. The van der Waals surface area contributed by atoms with Gasteiger partial charge >= 0.3 is 10.1 Å². The van der Waals surface area contributed by atoms with Crippen molar-refractivity contribution in [2.45, 2.75) is 4.90 Å². The van der Waals surface area contributed by atoms with E-state index in [0.717, 1.165) is 18.2 Å². The Kier molecular flexibility index (Phi) is 5.43. The van der Waals surface area contributed by atoms with Gasteiger partial charge in [0, 0.05) is 11.3 Å². The van der Waals surface area contributed by atoms with Crippen LogP contribution in [0.4, 0.5) is 10.1 Å². The Bertz CT molecular complexity index is 1070. The molecule has 3 aromatic carbocycles. The minimum Gasteiger partial charge on any atom is -0.379 e. The Morgan fingerprint density at radius 3 is 2.26 bits per heavy atom. The summed E-state index contributed by atoms with van der Waals surface area (Å²) in [5.41, 5.74) is 0.965. The van der Waals surface area contributed by atoms with Crippen molar-refractivity contribution in [3.63, 3.8) is 0 Å². The van der Waals surface area contributed by atoms with Crippen LogP contribution in [0.3, 0.4) is 0 Å². The van der Waals surface area contributed by atoms with E-state index in [9.17, 15) is 17.6 Å². The number of amides is 1. The van der Waals surface area contributed by atoms with Crippen molar-refractivity contribution in [2.75, 3.05) is 5.32 Å². The maximum atomic E-state index is 13.2. The molecule has 0 aliphatic carbocycles. The van der Waals surface area contributed by atoms with Gasteiger partial charge in [0.05, 0.1) is 5.02 Å². The Labute approximate surface area is 160 Å². The zero-order valence-electron chi connectivity index (χ0n) is 13.7. The lowest BCUT2D eigenvalue weighted by Gasteiger charge is -2.09. The highest BCUT2D eigenvalue weighted by atomic mass is 35.5. The van der Waals surface area contributed by atoms with E-state index in [-0.39, 0.29) is 21.6 Å². The zero-order valence-corrected chi connectivity index (χ0v) is 15.3. The molecule has 0 saturated carbocycles. The van der Waals surface area contributed by atoms with Crippen LogP contribution in [0.25, 0.3) is 0 Å². The second-order valence-electron chi connectivity index (χ2n) is 5.46. The number of carbonyl (C=O) groups is 1. The van der Waals surface area contributed by atoms with Gasteiger partial charge in [-0.2, -0.15) is 8.42 Å². The van der Waals surface area contributed by atoms with Crippen LogP contribution in [0.5, 0.6) is 5.75 Å². The van der Waals surface area contributed by atoms with Gasteiger partial charge in [0.2, 0.25) is 0 Å². The van der Waals surface area contributed by atoms with Gasteiger partial charge in [0.15, 0.2) is 0 Å². The van der Waals surface area contributed by atoms with Crippen molar-refractivity contribution in [3.8, 4) is 5.75 Å². The number of benzene rings is 3. The van der Waals surface area contributed by atoms with Crippen LogP contribution >= 0.6 is 11.6 Å². The lowest BCUT2D eigenvalue weighted by molar-refractivity contribution is 0.102. The molecule has 8 heteroatoms. The van der Waals surface area contributed by atoms with Gasteiger partial charge in [-0.15, -0.1) is 0 Å². The molecule has 1 N–H and O–H groups in total. The molecule has 0 saturated heterocycles. The van der Waals surface area contributed by atoms with Crippen LogP contribution in [0, 0.1) is 5.82 Å². The summed E-state index contributed by atoms with van der Waals surface area (Å²) in [4.78, 5) is 11.8. The van der Waals surface area contributed by atoms with Crippen molar-refractivity contribution >= 4 is 33.3 Å². The predicted octanol–water partition coefficient (Wildman–Crippen LogP) is 4.50. The van der Waals surface area contributed by atoms with E-state index in [1.807, 2.05) is 0 Å². The monoisotopic (exact) mass is 405 g/mol. The molecular weight excluding hydrogens is 393 g/mol. The standard InChI is InChI=1S/C19H13ClFNO4S/c20-17-12-16(10-11-18(17)21)27(24,25)26-15-8-6-14(7-9-15)22-19(23)13-4-2-1-3-5-13/h1-12H,(H,22,23). The molecule has 3 rings (SSSR count). The summed E-state index contributed by atoms with van der Waals surface area (Å²) in [5, 5.41) is 2.37. The summed E-state index contributed by atoms with van der Waals surface area (Å²) >= 11 is 5.61. The van der Waals surface area contributed by atoms with Gasteiger partial charge in [-0.1, -0.05) is 29.8 Å². The number of carbonyl (C=O) groups excluding carboxylic acids is 1. The third kappa shape index (κ3) is 4.64. The molecule has 1 amide bonds. The van der Waals surface area contributed by atoms with E-state index in [2.05, 4.69) is 5.32 Å². The number of anilines is 1. The largest absolute Gasteiger partial charge is 0.379 e. The van der Waals surface area contributed by atoms with E-state index >= 15 is 0 Å². The second-order valence-corrected chi connectivity index (χ2v) is 7.41. The molecule has 5 nitrogen and oxygen atoms in total. The second kappa shape index (κ2) is 7.77. The van der Waals surface area contributed by atoms with Gasteiger partial charge in [-0.3, -0.25) is 4.79 Å². The molecule has 0 aromatic heterocycles. The molecule has 0 bridgehead atoms. The van der Waals surface area contributed by atoms with Crippen LogP contribution in [-0.2, 0) is 10.1 Å². The molecule has 0 spiro atoms. The van der Waals surface area contributed by atoms with Crippen molar-refractivity contribution in [3.05, 3.63) is 89.2 Å². The van der Waals surface area contributed by atoms with Gasteiger partial charge in [-0.05, 0) is 54.6 Å². The van der Waals surface area contributed by atoms with Gasteiger partial charge in [0.1, 0.15) is 16.5 Å². The van der Waals surface area contributed by atoms with Crippen molar-refractivity contribution < 1.29 is 21.8 Å². The van der Waals surface area contributed by atoms with E-state index in [1.165, 1.54) is 24.3 Å². The lowest BCUT2D eigenvalue weighted by atomic mass is 10.2. The number of hydrogen-bond donors (Lipinski definition) is 1. The average molecular weight is 406 g/mol. The smallest absolute Gasteiger partial charge is 0.339 e. The van der Waals surface area contributed by atoms with Crippen LogP contribution in [0.1, 0.15) is 10.4 Å². The van der Waals surface area contributed by atoms with Crippen molar-refractivity contribution in [1.82, 2.24) is 0 Å². The van der Waals surface area contributed by atoms with Crippen LogP contribution in [-0.4, -0.2) is 14.3 Å². The van der Waals surface area contributed by atoms with Gasteiger partial charge < -0.3 is 9.50 Å². The summed E-state index contributed by atoms with van der Waals surface area (Å²) in [7, 11) is -4.17. The molecule has 0 aliphatic heterocycles. The van der Waals surface area contributed by atoms with Gasteiger partial charge in [-0.25, -0.2) is 4.39 Å². The van der Waals surface area contributed by atoms with E-state index in [0.29, 0.717) is 11.3 Å². The average Bonchev–Trinajstić information content (AvgIpc) is 2.66. The molecule has 0 radical (unpaired) electrons. The molecule has 0 atom stereocenters. The number of hydrogen-bond acceptors (Lipinski definition) is 4. The highest BCUT2D eigenvalue weighted by Crippen LogP contribution is 2.24. The molecule has 0 unspecified atom stereocenters. The number of rotatable bonds is 5. The molecule has 0 aliphatic rings. The fourth-order valence-electron chi connectivity index (χ4n) is 2.19. The molecule has 138 valence electrons. The minimum atomic E-state index is -4.17. The van der Waals surface area contributed by atoms with E-state index in [1.54, 1.807) is 30.3 Å². The maximum Gasteiger partial charge on any atom is 0.339 e. The Hall–Kier alpha value is -2.90. The summed E-state index contributed by atoms with van der Waals surface area (Å²) in [6.07, 6.45) is 0. The van der Waals surface area contributed by atoms with Crippen molar-refractivity contribution in [1.29, 1.82) is 0 Å². The van der Waals surface area contributed by atoms with E-state index < -0.39 is 15.9 Å². The molecule has 0 heterocycles. The van der Waals surface area contributed by atoms with Crippen LogP contribution in [0.15, 0.2) is 77.7 Å². The summed E-state index contributed by atoms with van der Waals surface area (Å²) in [5.74, 6) is -0.986. The third-order valence-corrected chi connectivity index (χ3v) is 5.07. The minimum absolute atomic E-state index is 0.0353. The highest BCUT2D eigenvalue weighted by Gasteiger charge is 2.18. The van der Waals surface area contributed by atoms with Gasteiger partial charge in [0.25, 0.3) is 5.91 Å². The first-order valence-corrected chi connectivity index (χ1v) is 9.50. The molecule has 0 fully saturated rings. The van der Waals surface area contributed by atoms with Crippen LogP contribution < -0.4 is 9.50 Å². The Morgan fingerprint density at radius 1 is 0.963 bits per heavy atom.